The number of hydrogen-bond acceptors (Lipinski definition) is 2. The quantitative estimate of drug-likeness (QED) is 0.816. The third-order valence-corrected chi connectivity index (χ3v) is 5.02. The van der Waals surface area contributed by atoms with Crippen molar-refractivity contribution < 1.29 is 9.59 Å². The van der Waals surface area contributed by atoms with Crippen LogP contribution >= 0.6 is 0 Å². The third-order valence-electron chi connectivity index (χ3n) is 5.02. The van der Waals surface area contributed by atoms with Gasteiger partial charge < -0.3 is 10.2 Å². The van der Waals surface area contributed by atoms with Crippen LogP contribution in [0, 0.1) is 5.92 Å². The Morgan fingerprint density at radius 3 is 2.35 bits per heavy atom. The van der Waals surface area contributed by atoms with E-state index in [1.165, 1.54) is 5.56 Å². The van der Waals surface area contributed by atoms with Gasteiger partial charge in [0, 0.05) is 30.8 Å². The Balaban J connectivity index is 1.47. The Morgan fingerprint density at radius 1 is 1.04 bits per heavy atom. The smallest absolute Gasteiger partial charge is 0.253 e. The molecule has 26 heavy (non-hydrogen) atoms. The van der Waals surface area contributed by atoms with Crippen molar-refractivity contribution in [3.63, 3.8) is 0 Å². The summed E-state index contributed by atoms with van der Waals surface area (Å²) in [7, 11) is 1.83. The summed E-state index contributed by atoms with van der Waals surface area (Å²) in [6.07, 6.45) is 5.00. The molecule has 0 aliphatic heterocycles. The van der Waals surface area contributed by atoms with E-state index in [9.17, 15) is 9.59 Å². The number of nitrogens with one attached hydrogen (secondary N) is 1. The van der Waals surface area contributed by atoms with Gasteiger partial charge in [-0.1, -0.05) is 36.8 Å². The second kappa shape index (κ2) is 8.65. The van der Waals surface area contributed by atoms with Crippen LogP contribution in [0.2, 0.25) is 0 Å². The van der Waals surface area contributed by atoms with Crippen molar-refractivity contribution in [1.29, 1.82) is 0 Å². The summed E-state index contributed by atoms with van der Waals surface area (Å²) in [6.45, 7) is 0.716. The van der Waals surface area contributed by atoms with Gasteiger partial charge in [0.15, 0.2) is 0 Å². The Bertz CT molecular complexity index is 736. The van der Waals surface area contributed by atoms with E-state index in [0.29, 0.717) is 12.1 Å². The van der Waals surface area contributed by atoms with Gasteiger partial charge in [0.2, 0.25) is 5.91 Å². The topological polar surface area (TPSA) is 49.4 Å². The van der Waals surface area contributed by atoms with Gasteiger partial charge in [-0.2, -0.15) is 0 Å². The van der Waals surface area contributed by atoms with E-state index in [1.807, 2.05) is 37.4 Å². The number of benzene rings is 2. The highest BCUT2D eigenvalue weighted by molar-refractivity contribution is 5.96. The first-order valence-corrected chi connectivity index (χ1v) is 9.34. The summed E-state index contributed by atoms with van der Waals surface area (Å²) < 4.78 is 0. The van der Waals surface area contributed by atoms with Crippen LogP contribution in [0.3, 0.4) is 0 Å². The summed E-state index contributed by atoms with van der Waals surface area (Å²) in [6, 6.07) is 17.5. The highest BCUT2D eigenvalue weighted by atomic mass is 16.2. The molecule has 0 aromatic heterocycles. The van der Waals surface area contributed by atoms with Gasteiger partial charge in [0.1, 0.15) is 0 Å². The number of rotatable bonds is 7. The Labute approximate surface area is 155 Å². The Morgan fingerprint density at radius 2 is 1.73 bits per heavy atom. The molecule has 0 spiro atoms. The zero-order valence-corrected chi connectivity index (χ0v) is 15.3. The lowest BCUT2D eigenvalue weighted by molar-refractivity contribution is -0.122. The third kappa shape index (κ3) is 4.72. The SMILES string of the molecule is CN(CCCc1ccccc1)C(=O)c1ccc(NC(=O)C2CCC2)cc1. The van der Waals surface area contributed by atoms with Crippen LogP contribution in [0.5, 0.6) is 0 Å². The molecule has 2 amide bonds. The molecule has 0 heterocycles. The van der Waals surface area contributed by atoms with Crippen molar-refractivity contribution >= 4 is 17.5 Å². The minimum atomic E-state index is 0.00920. The molecule has 1 aliphatic carbocycles. The van der Waals surface area contributed by atoms with E-state index in [1.54, 1.807) is 17.0 Å². The van der Waals surface area contributed by atoms with Crippen LogP contribution in [0.1, 0.15) is 41.6 Å². The molecule has 1 fully saturated rings. The molecule has 2 aromatic carbocycles. The molecule has 136 valence electrons. The maximum Gasteiger partial charge on any atom is 0.253 e. The van der Waals surface area contributed by atoms with E-state index in [0.717, 1.165) is 37.8 Å². The zero-order chi connectivity index (χ0) is 18.4. The molecule has 3 rings (SSSR count). The molecule has 0 atom stereocenters. The number of hydrogen-bond donors (Lipinski definition) is 1. The fraction of sp³-hybridized carbons (Fsp3) is 0.364. The lowest BCUT2D eigenvalue weighted by Gasteiger charge is -2.24. The molecule has 2 aromatic rings. The summed E-state index contributed by atoms with van der Waals surface area (Å²) in [5.74, 6) is 0.260. The first-order valence-electron chi connectivity index (χ1n) is 9.34. The summed E-state index contributed by atoms with van der Waals surface area (Å²) in [5, 5.41) is 2.93. The number of carbonyl (C=O) groups is 2. The highest BCUT2D eigenvalue weighted by Crippen LogP contribution is 2.27. The molecule has 0 bridgehead atoms. The van der Waals surface area contributed by atoms with Crippen LogP contribution in [0.4, 0.5) is 5.69 Å². The average Bonchev–Trinajstić information content (AvgIpc) is 2.61. The van der Waals surface area contributed by atoms with Gasteiger partial charge in [0.05, 0.1) is 0 Å². The maximum absolute atomic E-state index is 12.5. The van der Waals surface area contributed by atoms with Gasteiger partial charge in [-0.25, -0.2) is 0 Å². The fourth-order valence-corrected chi connectivity index (χ4v) is 3.10. The predicted octanol–water partition coefficient (Wildman–Crippen LogP) is 4.13. The highest BCUT2D eigenvalue weighted by Gasteiger charge is 2.25. The van der Waals surface area contributed by atoms with Gasteiger partial charge >= 0.3 is 0 Å². The van der Waals surface area contributed by atoms with Crippen molar-refractivity contribution in [3.05, 3.63) is 65.7 Å². The molecule has 1 N–H and O–H groups in total. The van der Waals surface area contributed by atoms with Crippen molar-refractivity contribution in [2.75, 3.05) is 18.9 Å². The van der Waals surface area contributed by atoms with Crippen molar-refractivity contribution in [2.24, 2.45) is 5.92 Å². The second-order valence-corrected chi connectivity index (χ2v) is 7.01. The van der Waals surface area contributed by atoms with Gasteiger partial charge in [-0.15, -0.1) is 0 Å². The molecule has 4 nitrogen and oxygen atoms in total. The zero-order valence-electron chi connectivity index (χ0n) is 15.3. The van der Waals surface area contributed by atoms with Crippen LogP contribution in [-0.2, 0) is 11.2 Å². The normalized spacial score (nSPS) is 13.7. The summed E-state index contributed by atoms with van der Waals surface area (Å²) in [5.41, 5.74) is 2.69. The van der Waals surface area contributed by atoms with Gasteiger partial charge in [0.25, 0.3) is 5.91 Å². The molecule has 0 saturated heterocycles. The van der Waals surface area contributed by atoms with Gasteiger partial charge in [-0.3, -0.25) is 9.59 Å². The summed E-state index contributed by atoms with van der Waals surface area (Å²) >= 11 is 0. The number of nitrogens with zero attached hydrogens (tertiary/aromatic N) is 1. The molecule has 1 saturated carbocycles. The maximum atomic E-state index is 12.5. The van der Waals surface area contributed by atoms with E-state index >= 15 is 0 Å². The second-order valence-electron chi connectivity index (χ2n) is 7.01. The van der Waals surface area contributed by atoms with Gasteiger partial charge in [-0.05, 0) is 55.5 Å². The van der Waals surface area contributed by atoms with Crippen LogP contribution in [0.25, 0.3) is 0 Å². The lowest BCUT2D eigenvalue weighted by Crippen LogP contribution is -2.28. The predicted molar refractivity (Wildman–Crippen MR) is 104 cm³/mol. The van der Waals surface area contributed by atoms with Crippen LogP contribution in [0.15, 0.2) is 54.6 Å². The van der Waals surface area contributed by atoms with Crippen molar-refractivity contribution in [3.8, 4) is 0 Å². The first kappa shape index (κ1) is 18.2. The van der Waals surface area contributed by atoms with E-state index in [-0.39, 0.29) is 17.7 Å². The molecule has 0 radical (unpaired) electrons. The molecular formula is C22H26N2O2. The van der Waals surface area contributed by atoms with Crippen LogP contribution in [-0.4, -0.2) is 30.3 Å². The largest absolute Gasteiger partial charge is 0.342 e. The van der Waals surface area contributed by atoms with E-state index in [4.69, 9.17) is 0 Å². The Kier molecular flexibility index (Phi) is 6.05. The number of carbonyl (C=O) groups excluding carboxylic acids is 2. The molecule has 0 unspecified atom stereocenters. The van der Waals surface area contributed by atoms with E-state index < -0.39 is 0 Å². The summed E-state index contributed by atoms with van der Waals surface area (Å²) in [4.78, 5) is 26.2. The minimum Gasteiger partial charge on any atom is -0.342 e. The molecule has 1 aliphatic rings. The Hall–Kier alpha value is -2.62. The molecular weight excluding hydrogens is 324 g/mol. The average molecular weight is 350 g/mol. The van der Waals surface area contributed by atoms with Crippen LogP contribution < -0.4 is 5.32 Å². The standard InChI is InChI=1S/C22H26N2O2/c1-24(16-6-9-17-7-3-2-4-8-17)22(26)19-12-14-20(15-13-19)23-21(25)18-10-5-11-18/h2-4,7-8,12-15,18H,5-6,9-11,16H2,1H3,(H,23,25). The number of amides is 2. The van der Waals surface area contributed by atoms with E-state index in [2.05, 4.69) is 17.4 Å². The van der Waals surface area contributed by atoms with Crippen molar-refractivity contribution in [1.82, 2.24) is 4.90 Å². The lowest BCUT2D eigenvalue weighted by atomic mass is 9.85. The monoisotopic (exact) mass is 350 g/mol. The van der Waals surface area contributed by atoms with Crippen molar-refractivity contribution in [2.45, 2.75) is 32.1 Å². The fourth-order valence-electron chi connectivity index (χ4n) is 3.10. The number of anilines is 1. The molecule has 4 heteroatoms. The minimum absolute atomic E-state index is 0.00920. The first-order chi connectivity index (χ1) is 12.6. The number of aryl methyl sites for hydroxylation is 1.